The Bertz CT molecular complexity index is 383. The van der Waals surface area contributed by atoms with Crippen molar-refractivity contribution < 1.29 is 9.53 Å². The van der Waals surface area contributed by atoms with Gasteiger partial charge in [0.1, 0.15) is 0 Å². The first-order valence-corrected chi connectivity index (χ1v) is 6.47. The molecule has 1 aromatic carbocycles. The largest absolute Gasteiger partial charge is 0.381 e. The molecule has 1 unspecified atom stereocenters. The molecule has 0 aliphatic carbocycles. The maximum absolute atomic E-state index is 12.0. The van der Waals surface area contributed by atoms with Crippen molar-refractivity contribution in [1.29, 1.82) is 0 Å². The van der Waals surface area contributed by atoms with Gasteiger partial charge in [0, 0.05) is 12.3 Å². The van der Waals surface area contributed by atoms with Crippen molar-refractivity contribution in [3.05, 3.63) is 29.8 Å². The number of carbonyl (C=O) groups is 1. The van der Waals surface area contributed by atoms with Crippen molar-refractivity contribution in [2.24, 2.45) is 11.7 Å². The molecule has 1 fully saturated rings. The Morgan fingerprint density at radius 2 is 2.17 bits per heavy atom. The van der Waals surface area contributed by atoms with E-state index in [1.165, 1.54) is 5.56 Å². The molecule has 1 amide bonds. The maximum Gasteiger partial charge on any atom is 0.229 e. The Balaban J connectivity index is 1.89. The first-order chi connectivity index (χ1) is 8.79. The molecule has 0 spiro atoms. The summed E-state index contributed by atoms with van der Waals surface area (Å²) < 4.78 is 5.32. The van der Waals surface area contributed by atoms with Crippen molar-refractivity contribution in [2.45, 2.75) is 19.3 Å². The molecule has 1 aliphatic heterocycles. The number of carbonyl (C=O) groups excluding carboxylic acids is 1. The summed E-state index contributed by atoms with van der Waals surface area (Å²) in [7, 11) is 0. The number of anilines is 1. The Kier molecular flexibility index (Phi) is 4.73. The molecule has 1 atom stereocenters. The number of benzene rings is 1. The van der Waals surface area contributed by atoms with E-state index in [9.17, 15) is 4.79 Å². The lowest BCUT2D eigenvalue weighted by Gasteiger charge is -2.21. The van der Waals surface area contributed by atoms with Gasteiger partial charge in [-0.2, -0.15) is 0 Å². The zero-order valence-electron chi connectivity index (χ0n) is 10.5. The number of nitrogens with one attached hydrogen (secondary N) is 1. The van der Waals surface area contributed by atoms with Gasteiger partial charge in [0.05, 0.1) is 12.5 Å². The molecule has 0 radical (unpaired) electrons. The molecular weight excluding hydrogens is 228 g/mol. The van der Waals surface area contributed by atoms with E-state index >= 15 is 0 Å². The van der Waals surface area contributed by atoms with Gasteiger partial charge in [-0.15, -0.1) is 0 Å². The van der Waals surface area contributed by atoms with Gasteiger partial charge in [-0.05, 0) is 43.5 Å². The quantitative estimate of drug-likeness (QED) is 0.849. The van der Waals surface area contributed by atoms with Crippen LogP contribution < -0.4 is 11.1 Å². The first kappa shape index (κ1) is 13.1. The highest BCUT2D eigenvalue weighted by Gasteiger charge is 2.21. The Labute approximate surface area is 108 Å². The summed E-state index contributed by atoms with van der Waals surface area (Å²) in [6.07, 6.45) is 2.75. The lowest BCUT2D eigenvalue weighted by molar-refractivity contribution is -0.123. The smallest absolute Gasteiger partial charge is 0.229 e. The summed E-state index contributed by atoms with van der Waals surface area (Å²) in [5.74, 6) is 0.0451. The van der Waals surface area contributed by atoms with E-state index in [1.807, 2.05) is 24.3 Å². The first-order valence-electron chi connectivity index (χ1n) is 6.47. The average molecular weight is 248 g/mol. The van der Waals surface area contributed by atoms with Crippen molar-refractivity contribution in [1.82, 2.24) is 0 Å². The zero-order valence-corrected chi connectivity index (χ0v) is 10.5. The number of amides is 1. The van der Waals surface area contributed by atoms with Gasteiger partial charge in [-0.1, -0.05) is 12.1 Å². The molecule has 2 rings (SSSR count). The molecule has 18 heavy (non-hydrogen) atoms. The highest BCUT2D eigenvalue weighted by atomic mass is 16.5. The van der Waals surface area contributed by atoms with E-state index in [1.54, 1.807) is 0 Å². The number of nitrogens with two attached hydrogens (primary N) is 1. The molecule has 3 N–H and O–H groups in total. The van der Waals surface area contributed by atoms with Gasteiger partial charge in [0.25, 0.3) is 0 Å². The fourth-order valence-electron chi connectivity index (χ4n) is 2.11. The highest BCUT2D eigenvalue weighted by molar-refractivity contribution is 5.92. The zero-order chi connectivity index (χ0) is 12.8. The summed E-state index contributed by atoms with van der Waals surface area (Å²) >= 11 is 0. The molecule has 1 aromatic rings. The summed E-state index contributed by atoms with van der Waals surface area (Å²) in [4.78, 5) is 12.0. The summed E-state index contributed by atoms with van der Waals surface area (Å²) in [6.45, 7) is 1.96. The molecule has 1 saturated heterocycles. The van der Waals surface area contributed by atoms with Crippen LogP contribution in [0.4, 0.5) is 5.69 Å². The topological polar surface area (TPSA) is 64.3 Å². The van der Waals surface area contributed by atoms with E-state index < -0.39 is 0 Å². The SMILES string of the molecule is NCCc1ccc(NC(=O)C2CCCOC2)cc1. The van der Waals surface area contributed by atoms with Crippen molar-refractivity contribution in [3.8, 4) is 0 Å². The van der Waals surface area contributed by atoms with E-state index in [-0.39, 0.29) is 11.8 Å². The second-order valence-electron chi connectivity index (χ2n) is 4.64. The number of ether oxygens (including phenoxy) is 1. The molecule has 4 heteroatoms. The van der Waals surface area contributed by atoms with Gasteiger partial charge in [0.2, 0.25) is 5.91 Å². The minimum Gasteiger partial charge on any atom is -0.381 e. The standard InChI is InChI=1S/C14H20N2O2/c15-8-7-11-3-5-13(6-4-11)16-14(17)12-2-1-9-18-10-12/h3-6,12H,1-2,7-10,15H2,(H,16,17). The fourth-order valence-corrected chi connectivity index (χ4v) is 2.11. The van der Waals surface area contributed by atoms with Gasteiger partial charge >= 0.3 is 0 Å². The van der Waals surface area contributed by atoms with Gasteiger partial charge in [-0.3, -0.25) is 4.79 Å². The summed E-state index contributed by atoms with van der Waals surface area (Å²) in [5.41, 5.74) is 7.52. The summed E-state index contributed by atoms with van der Waals surface area (Å²) in [5, 5.41) is 2.93. The highest BCUT2D eigenvalue weighted by Crippen LogP contribution is 2.17. The van der Waals surface area contributed by atoms with Gasteiger partial charge in [-0.25, -0.2) is 0 Å². The number of hydrogen-bond donors (Lipinski definition) is 2. The minimum absolute atomic E-state index is 0.0116. The average Bonchev–Trinajstić information content (AvgIpc) is 2.42. The van der Waals surface area contributed by atoms with Gasteiger partial charge in [0.15, 0.2) is 0 Å². The number of hydrogen-bond acceptors (Lipinski definition) is 3. The molecule has 1 aliphatic rings. The second-order valence-corrected chi connectivity index (χ2v) is 4.64. The van der Waals surface area contributed by atoms with Crippen LogP contribution in [0.5, 0.6) is 0 Å². The molecule has 98 valence electrons. The van der Waals surface area contributed by atoms with Crippen LogP contribution in [-0.4, -0.2) is 25.7 Å². The van der Waals surface area contributed by atoms with Crippen LogP contribution in [0.15, 0.2) is 24.3 Å². The minimum atomic E-state index is -0.0116. The third kappa shape index (κ3) is 3.55. The van der Waals surface area contributed by atoms with E-state index in [0.29, 0.717) is 13.2 Å². The van der Waals surface area contributed by atoms with Crippen LogP contribution in [0.1, 0.15) is 18.4 Å². The Morgan fingerprint density at radius 3 is 2.78 bits per heavy atom. The molecule has 0 bridgehead atoms. The van der Waals surface area contributed by atoms with E-state index in [4.69, 9.17) is 10.5 Å². The van der Waals surface area contributed by atoms with E-state index in [0.717, 1.165) is 31.6 Å². The van der Waals surface area contributed by atoms with Crippen LogP contribution in [0.2, 0.25) is 0 Å². The van der Waals surface area contributed by atoms with Crippen LogP contribution >= 0.6 is 0 Å². The molecule has 4 nitrogen and oxygen atoms in total. The van der Waals surface area contributed by atoms with Crippen LogP contribution in [0, 0.1) is 5.92 Å². The maximum atomic E-state index is 12.0. The Morgan fingerprint density at radius 1 is 1.39 bits per heavy atom. The predicted octanol–water partition coefficient (Wildman–Crippen LogP) is 1.55. The predicted molar refractivity (Wildman–Crippen MR) is 71.4 cm³/mol. The monoisotopic (exact) mass is 248 g/mol. The molecule has 0 saturated carbocycles. The lowest BCUT2D eigenvalue weighted by atomic mass is 10.0. The summed E-state index contributed by atoms with van der Waals surface area (Å²) in [6, 6.07) is 7.85. The third-order valence-electron chi connectivity index (χ3n) is 3.19. The van der Waals surface area contributed by atoms with Gasteiger partial charge < -0.3 is 15.8 Å². The molecule has 1 heterocycles. The van der Waals surface area contributed by atoms with Crippen LogP contribution in [0.25, 0.3) is 0 Å². The third-order valence-corrected chi connectivity index (χ3v) is 3.19. The second kappa shape index (κ2) is 6.52. The fraction of sp³-hybridized carbons (Fsp3) is 0.500. The van der Waals surface area contributed by atoms with Crippen molar-refractivity contribution in [2.75, 3.05) is 25.1 Å². The van der Waals surface area contributed by atoms with Crippen molar-refractivity contribution >= 4 is 11.6 Å². The normalized spacial score (nSPS) is 19.5. The van der Waals surface area contributed by atoms with Crippen LogP contribution in [0.3, 0.4) is 0 Å². The van der Waals surface area contributed by atoms with Crippen molar-refractivity contribution in [3.63, 3.8) is 0 Å². The van der Waals surface area contributed by atoms with E-state index in [2.05, 4.69) is 5.32 Å². The molecular formula is C14H20N2O2. The Hall–Kier alpha value is -1.39. The lowest BCUT2D eigenvalue weighted by Crippen LogP contribution is -2.30. The number of rotatable bonds is 4. The molecule has 0 aromatic heterocycles. The van der Waals surface area contributed by atoms with Crippen LogP contribution in [-0.2, 0) is 16.0 Å².